The monoisotopic (exact) mass is 386 g/mol. The van der Waals surface area contributed by atoms with Crippen LogP contribution in [0.15, 0.2) is 15.2 Å². The molecular weight excluding hydrogens is 368 g/mol. The van der Waals surface area contributed by atoms with Gasteiger partial charge in [0.1, 0.15) is 0 Å². The van der Waals surface area contributed by atoms with Crippen molar-refractivity contribution in [3.63, 3.8) is 0 Å². The maximum Gasteiger partial charge on any atom is 0.254 e. The molecule has 0 aromatic carbocycles. The third kappa shape index (κ3) is 3.52. The van der Waals surface area contributed by atoms with Crippen molar-refractivity contribution < 1.29 is 14.3 Å². The minimum absolute atomic E-state index is 0.0522. The number of piperidine rings is 1. The first-order valence-electron chi connectivity index (χ1n) is 7.55. The quantitative estimate of drug-likeness (QED) is 0.782. The van der Waals surface area contributed by atoms with Crippen LogP contribution in [0.25, 0.3) is 0 Å². The highest BCUT2D eigenvalue weighted by atomic mass is 79.9. The minimum atomic E-state index is 0.0522. The molecule has 1 aromatic rings. The lowest BCUT2D eigenvalue weighted by atomic mass is 9.94. The molecule has 0 saturated carbocycles. The number of ether oxygens (including phenoxy) is 1. The summed E-state index contributed by atoms with van der Waals surface area (Å²) in [4.78, 5) is 28.6. The Labute approximate surface area is 142 Å². The zero-order valence-corrected chi connectivity index (χ0v) is 14.7. The van der Waals surface area contributed by atoms with Gasteiger partial charge in [0.25, 0.3) is 5.91 Å². The van der Waals surface area contributed by atoms with Gasteiger partial charge in [0.15, 0.2) is 0 Å². The molecule has 120 valence electrons. The van der Waals surface area contributed by atoms with Crippen molar-refractivity contribution in [3.8, 4) is 0 Å². The summed E-state index contributed by atoms with van der Waals surface area (Å²) in [6.07, 6.45) is 1.51. The van der Waals surface area contributed by atoms with E-state index in [1.54, 1.807) is 0 Å². The van der Waals surface area contributed by atoms with Gasteiger partial charge in [-0.25, -0.2) is 0 Å². The van der Waals surface area contributed by atoms with Crippen LogP contribution in [-0.4, -0.2) is 61.0 Å². The Bertz CT molecular complexity index is 549. The maximum absolute atomic E-state index is 12.5. The lowest BCUT2D eigenvalue weighted by molar-refractivity contribution is -0.141. The van der Waals surface area contributed by atoms with Crippen LogP contribution in [0.4, 0.5) is 0 Å². The van der Waals surface area contributed by atoms with Crippen molar-refractivity contribution in [2.75, 3.05) is 39.4 Å². The maximum atomic E-state index is 12.5. The molecule has 2 aliphatic rings. The number of amides is 2. The lowest BCUT2D eigenvalue weighted by Crippen LogP contribution is -2.47. The molecule has 0 radical (unpaired) electrons. The number of carbonyl (C=O) groups excluding carboxylic acids is 2. The van der Waals surface area contributed by atoms with Crippen molar-refractivity contribution >= 4 is 39.1 Å². The molecule has 5 nitrogen and oxygen atoms in total. The zero-order valence-electron chi connectivity index (χ0n) is 12.3. The van der Waals surface area contributed by atoms with Crippen molar-refractivity contribution in [1.29, 1.82) is 0 Å². The number of morpholine rings is 1. The largest absolute Gasteiger partial charge is 0.378 e. The van der Waals surface area contributed by atoms with E-state index in [0.717, 1.165) is 22.2 Å². The fourth-order valence-electron chi connectivity index (χ4n) is 2.98. The van der Waals surface area contributed by atoms with E-state index >= 15 is 0 Å². The molecule has 3 rings (SSSR count). The third-order valence-corrected chi connectivity index (χ3v) is 5.77. The minimum Gasteiger partial charge on any atom is -0.378 e. The lowest BCUT2D eigenvalue weighted by Gasteiger charge is -2.35. The fourth-order valence-corrected chi connectivity index (χ4v) is 4.11. The summed E-state index contributed by atoms with van der Waals surface area (Å²) in [7, 11) is 0. The van der Waals surface area contributed by atoms with Crippen LogP contribution in [0, 0.1) is 5.92 Å². The molecule has 0 atom stereocenters. The van der Waals surface area contributed by atoms with Crippen LogP contribution in [0.1, 0.15) is 23.2 Å². The van der Waals surface area contributed by atoms with Crippen LogP contribution in [0.3, 0.4) is 0 Å². The van der Waals surface area contributed by atoms with Gasteiger partial charge < -0.3 is 14.5 Å². The first kappa shape index (κ1) is 16.0. The van der Waals surface area contributed by atoms with Crippen LogP contribution in [-0.2, 0) is 9.53 Å². The van der Waals surface area contributed by atoms with Gasteiger partial charge in [0.2, 0.25) is 5.91 Å². The van der Waals surface area contributed by atoms with Gasteiger partial charge in [-0.1, -0.05) is 0 Å². The number of carbonyl (C=O) groups is 2. The van der Waals surface area contributed by atoms with Gasteiger partial charge in [0.05, 0.1) is 22.6 Å². The molecule has 1 aromatic heterocycles. The molecular formula is C15H19BrN2O3S. The van der Waals surface area contributed by atoms with E-state index in [2.05, 4.69) is 15.9 Å². The second kappa shape index (κ2) is 7.10. The standard InChI is InChI=1S/C15H19BrN2O3S/c16-13-9-12(10-22-13)15(20)17-3-1-11(2-4-17)14(19)18-5-7-21-8-6-18/h9-11H,1-8H2. The number of likely N-dealkylation sites (tertiary alicyclic amines) is 1. The average Bonchev–Trinajstić information content (AvgIpc) is 3.01. The van der Waals surface area contributed by atoms with E-state index in [-0.39, 0.29) is 17.7 Å². The van der Waals surface area contributed by atoms with Gasteiger partial charge in [-0.2, -0.15) is 0 Å². The number of thiophene rings is 1. The Hall–Kier alpha value is -0.920. The van der Waals surface area contributed by atoms with E-state index in [1.807, 2.05) is 21.2 Å². The molecule has 3 heterocycles. The highest BCUT2D eigenvalue weighted by molar-refractivity contribution is 9.11. The molecule has 2 fully saturated rings. The van der Waals surface area contributed by atoms with Gasteiger partial charge in [-0.05, 0) is 34.8 Å². The molecule has 0 bridgehead atoms. The second-order valence-electron chi connectivity index (χ2n) is 5.64. The zero-order chi connectivity index (χ0) is 15.5. The number of halogens is 1. The summed E-state index contributed by atoms with van der Waals surface area (Å²) in [5.74, 6) is 0.351. The normalized spacial score (nSPS) is 20.2. The summed E-state index contributed by atoms with van der Waals surface area (Å²) >= 11 is 4.90. The van der Waals surface area contributed by atoms with Crippen molar-refractivity contribution in [3.05, 3.63) is 20.8 Å². The average molecular weight is 387 g/mol. The van der Waals surface area contributed by atoms with Crippen LogP contribution in [0.5, 0.6) is 0 Å². The smallest absolute Gasteiger partial charge is 0.254 e. The van der Waals surface area contributed by atoms with E-state index in [1.165, 1.54) is 11.3 Å². The van der Waals surface area contributed by atoms with Gasteiger partial charge in [-0.3, -0.25) is 9.59 Å². The fraction of sp³-hybridized carbons (Fsp3) is 0.600. The summed E-state index contributed by atoms with van der Waals surface area (Å²) < 4.78 is 6.25. The predicted octanol–water partition coefficient (Wildman–Crippen LogP) is 2.22. The SMILES string of the molecule is O=C(c1csc(Br)c1)N1CCC(C(=O)N2CCOCC2)CC1. The first-order valence-corrected chi connectivity index (χ1v) is 9.22. The third-order valence-electron chi connectivity index (χ3n) is 4.27. The summed E-state index contributed by atoms with van der Waals surface area (Å²) in [5, 5.41) is 1.87. The highest BCUT2D eigenvalue weighted by Gasteiger charge is 2.31. The number of nitrogens with zero attached hydrogens (tertiary/aromatic N) is 2. The number of hydrogen-bond donors (Lipinski definition) is 0. The molecule has 7 heteroatoms. The van der Waals surface area contributed by atoms with E-state index in [9.17, 15) is 9.59 Å². The van der Waals surface area contributed by atoms with Crippen LogP contribution in [0.2, 0.25) is 0 Å². The molecule has 0 N–H and O–H groups in total. The molecule has 0 unspecified atom stereocenters. The molecule has 0 aliphatic carbocycles. The van der Waals surface area contributed by atoms with E-state index < -0.39 is 0 Å². The Morgan fingerprint density at radius 2 is 1.82 bits per heavy atom. The first-order chi connectivity index (χ1) is 10.6. The second-order valence-corrected chi connectivity index (χ2v) is 7.93. The molecule has 2 amide bonds. The van der Waals surface area contributed by atoms with Gasteiger partial charge in [-0.15, -0.1) is 11.3 Å². The van der Waals surface area contributed by atoms with Crippen molar-refractivity contribution in [1.82, 2.24) is 9.80 Å². The van der Waals surface area contributed by atoms with E-state index in [0.29, 0.717) is 39.4 Å². The van der Waals surface area contributed by atoms with E-state index in [4.69, 9.17) is 4.74 Å². The van der Waals surface area contributed by atoms with Gasteiger partial charge >= 0.3 is 0 Å². The molecule has 2 aliphatic heterocycles. The molecule has 2 saturated heterocycles. The summed E-state index contributed by atoms with van der Waals surface area (Å²) in [6, 6.07) is 1.86. The molecule has 22 heavy (non-hydrogen) atoms. The number of rotatable bonds is 2. The predicted molar refractivity (Wildman–Crippen MR) is 88.0 cm³/mol. The Morgan fingerprint density at radius 1 is 1.14 bits per heavy atom. The highest BCUT2D eigenvalue weighted by Crippen LogP contribution is 2.25. The Kier molecular flexibility index (Phi) is 5.15. The Balaban J connectivity index is 1.53. The summed E-state index contributed by atoms with van der Waals surface area (Å²) in [5.41, 5.74) is 0.731. The number of hydrogen-bond acceptors (Lipinski definition) is 4. The van der Waals surface area contributed by atoms with Crippen molar-refractivity contribution in [2.24, 2.45) is 5.92 Å². The molecule has 0 spiro atoms. The topological polar surface area (TPSA) is 49.9 Å². The summed E-state index contributed by atoms with van der Waals surface area (Å²) in [6.45, 7) is 3.98. The Morgan fingerprint density at radius 3 is 2.41 bits per heavy atom. The van der Waals surface area contributed by atoms with Crippen molar-refractivity contribution in [2.45, 2.75) is 12.8 Å². The van der Waals surface area contributed by atoms with Gasteiger partial charge in [0, 0.05) is 37.5 Å². The van der Waals surface area contributed by atoms with Crippen LogP contribution >= 0.6 is 27.3 Å². The van der Waals surface area contributed by atoms with Crippen LogP contribution < -0.4 is 0 Å².